The molecular formula is C15H18FN3O2S. The number of benzene rings is 1. The number of nitrogens with one attached hydrogen (secondary N) is 2. The second-order valence-electron chi connectivity index (χ2n) is 5.94. The Morgan fingerprint density at radius 2 is 2.00 bits per heavy atom. The Hall–Kier alpha value is -1.89. The van der Waals surface area contributed by atoms with Gasteiger partial charge in [0.2, 0.25) is 11.8 Å². The second-order valence-corrected chi connectivity index (χ2v) is 7.13. The number of halogens is 1. The van der Waals surface area contributed by atoms with Crippen LogP contribution in [0.15, 0.2) is 29.3 Å². The van der Waals surface area contributed by atoms with Crippen molar-refractivity contribution >= 4 is 34.4 Å². The molecule has 1 aromatic carbocycles. The van der Waals surface area contributed by atoms with E-state index in [-0.39, 0.29) is 29.6 Å². The molecule has 0 saturated carbocycles. The van der Waals surface area contributed by atoms with Crippen LogP contribution < -0.4 is 10.6 Å². The van der Waals surface area contributed by atoms with Crippen molar-refractivity contribution in [3.05, 3.63) is 30.1 Å². The first-order chi connectivity index (χ1) is 10.2. The standard InChI is InChI=1S/C15H18FN3O2S/c1-15(2,3)19-14-18-13(21)11(22-14)8-12(20)17-10-6-4-9(16)5-7-10/h4-7,11H,8H2,1-3H3,(H,17,20)(H,18,19,21)/t11-/m0/s1. The minimum absolute atomic E-state index is 0.0387. The fraction of sp³-hybridized carbons (Fsp3) is 0.400. The molecule has 2 N–H and O–H groups in total. The zero-order chi connectivity index (χ0) is 16.3. The highest BCUT2D eigenvalue weighted by Crippen LogP contribution is 2.25. The highest BCUT2D eigenvalue weighted by molar-refractivity contribution is 8.15. The molecule has 2 rings (SSSR count). The number of anilines is 1. The Balaban J connectivity index is 1.93. The van der Waals surface area contributed by atoms with Gasteiger partial charge in [0.25, 0.3) is 0 Å². The van der Waals surface area contributed by atoms with Crippen LogP contribution in [0.1, 0.15) is 27.2 Å². The molecule has 2 amide bonds. The van der Waals surface area contributed by atoms with E-state index in [4.69, 9.17) is 0 Å². The maximum Gasteiger partial charge on any atom is 0.240 e. The van der Waals surface area contributed by atoms with Crippen LogP contribution in [0.2, 0.25) is 0 Å². The summed E-state index contributed by atoms with van der Waals surface area (Å²) in [4.78, 5) is 28.2. The van der Waals surface area contributed by atoms with Gasteiger partial charge in [-0.15, -0.1) is 0 Å². The van der Waals surface area contributed by atoms with Crippen molar-refractivity contribution in [3.8, 4) is 0 Å². The predicted octanol–water partition coefficient (Wildman–Crippen LogP) is 2.54. The molecule has 0 bridgehead atoms. The van der Waals surface area contributed by atoms with E-state index in [1.54, 1.807) is 0 Å². The number of carbonyl (C=O) groups is 2. The normalized spacial score (nSPS) is 20.1. The Kier molecular flexibility index (Phi) is 4.85. The van der Waals surface area contributed by atoms with E-state index in [0.717, 1.165) is 0 Å². The third-order valence-electron chi connectivity index (χ3n) is 2.71. The zero-order valence-electron chi connectivity index (χ0n) is 12.6. The number of hydrogen-bond donors (Lipinski definition) is 2. The number of nitrogens with zero attached hydrogens (tertiary/aromatic N) is 1. The van der Waals surface area contributed by atoms with Gasteiger partial charge in [-0.3, -0.25) is 14.6 Å². The number of rotatable bonds is 3. The van der Waals surface area contributed by atoms with Crippen LogP contribution in [0, 0.1) is 5.82 Å². The molecule has 0 aliphatic carbocycles. The maximum atomic E-state index is 12.8. The number of hydrogen-bond acceptors (Lipinski definition) is 4. The van der Waals surface area contributed by atoms with E-state index in [0.29, 0.717) is 10.9 Å². The maximum absolute atomic E-state index is 12.8. The van der Waals surface area contributed by atoms with Crippen molar-refractivity contribution < 1.29 is 14.0 Å². The third kappa shape index (κ3) is 4.84. The van der Waals surface area contributed by atoms with Crippen LogP contribution in [0.25, 0.3) is 0 Å². The van der Waals surface area contributed by atoms with Gasteiger partial charge < -0.3 is 10.6 Å². The third-order valence-corrected chi connectivity index (χ3v) is 3.79. The van der Waals surface area contributed by atoms with Crippen molar-refractivity contribution in [1.29, 1.82) is 0 Å². The molecular weight excluding hydrogens is 305 g/mol. The first-order valence-corrected chi connectivity index (χ1v) is 7.74. The second kappa shape index (κ2) is 6.48. The first-order valence-electron chi connectivity index (χ1n) is 6.86. The van der Waals surface area contributed by atoms with Crippen LogP contribution >= 0.6 is 11.8 Å². The molecule has 1 aliphatic heterocycles. The molecule has 7 heteroatoms. The highest BCUT2D eigenvalue weighted by Gasteiger charge is 2.32. The molecule has 0 spiro atoms. The van der Waals surface area contributed by atoms with Gasteiger partial charge in [-0.2, -0.15) is 0 Å². The number of thioether (sulfide) groups is 1. The molecule has 0 unspecified atom stereocenters. The monoisotopic (exact) mass is 323 g/mol. The first kappa shape index (κ1) is 16.5. The van der Waals surface area contributed by atoms with E-state index < -0.39 is 5.25 Å². The molecule has 1 heterocycles. The van der Waals surface area contributed by atoms with Crippen LogP contribution in [-0.2, 0) is 9.59 Å². The highest BCUT2D eigenvalue weighted by atomic mass is 32.2. The summed E-state index contributed by atoms with van der Waals surface area (Å²) in [6.45, 7) is 5.80. The lowest BCUT2D eigenvalue weighted by Gasteiger charge is -2.12. The number of amidine groups is 1. The SMILES string of the molecule is CC(C)(C)N=C1NC(=O)[C@H](CC(=O)Nc2ccc(F)cc2)S1. The minimum atomic E-state index is -0.499. The summed E-state index contributed by atoms with van der Waals surface area (Å²) in [6, 6.07) is 5.48. The van der Waals surface area contributed by atoms with E-state index in [1.165, 1.54) is 36.0 Å². The lowest BCUT2D eigenvalue weighted by atomic mass is 10.1. The number of carbonyl (C=O) groups excluding carboxylic acids is 2. The molecule has 0 radical (unpaired) electrons. The fourth-order valence-corrected chi connectivity index (χ4v) is 2.97. The smallest absolute Gasteiger partial charge is 0.240 e. The Morgan fingerprint density at radius 1 is 1.36 bits per heavy atom. The summed E-state index contributed by atoms with van der Waals surface area (Å²) in [5.74, 6) is -0.884. The van der Waals surface area contributed by atoms with Gasteiger partial charge in [0, 0.05) is 12.1 Å². The average molecular weight is 323 g/mol. The molecule has 5 nitrogen and oxygen atoms in total. The quantitative estimate of drug-likeness (QED) is 0.898. The largest absolute Gasteiger partial charge is 0.326 e. The summed E-state index contributed by atoms with van der Waals surface area (Å²) in [6.07, 6.45) is 0.0387. The Labute approximate surface area is 132 Å². The van der Waals surface area contributed by atoms with Crippen molar-refractivity contribution in [2.45, 2.75) is 38.0 Å². The van der Waals surface area contributed by atoms with Gasteiger partial charge in [0.1, 0.15) is 11.1 Å². The summed E-state index contributed by atoms with van der Waals surface area (Å²) in [5.41, 5.74) is 0.208. The number of amides is 2. The van der Waals surface area contributed by atoms with Crippen molar-refractivity contribution in [2.24, 2.45) is 4.99 Å². The van der Waals surface area contributed by atoms with Gasteiger partial charge in [-0.25, -0.2) is 4.39 Å². The van der Waals surface area contributed by atoms with Gasteiger partial charge >= 0.3 is 0 Å². The molecule has 1 aliphatic rings. The molecule has 1 saturated heterocycles. The van der Waals surface area contributed by atoms with Gasteiger partial charge in [-0.1, -0.05) is 11.8 Å². The molecule has 1 aromatic rings. The van der Waals surface area contributed by atoms with Crippen LogP contribution in [-0.4, -0.2) is 27.8 Å². The van der Waals surface area contributed by atoms with E-state index in [2.05, 4.69) is 15.6 Å². The summed E-state index contributed by atoms with van der Waals surface area (Å²) < 4.78 is 12.8. The van der Waals surface area contributed by atoms with Crippen molar-refractivity contribution in [2.75, 3.05) is 5.32 Å². The lowest BCUT2D eigenvalue weighted by Crippen LogP contribution is -2.28. The van der Waals surface area contributed by atoms with Crippen LogP contribution in [0.4, 0.5) is 10.1 Å². The Morgan fingerprint density at radius 3 is 2.59 bits per heavy atom. The molecule has 22 heavy (non-hydrogen) atoms. The molecule has 1 atom stereocenters. The summed E-state index contributed by atoms with van der Waals surface area (Å²) in [5, 5.41) is 5.36. The zero-order valence-corrected chi connectivity index (χ0v) is 13.5. The fourth-order valence-electron chi connectivity index (χ4n) is 1.81. The molecule has 1 fully saturated rings. The predicted molar refractivity (Wildman–Crippen MR) is 86.4 cm³/mol. The van der Waals surface area contributed by atoms with Gasteiger partial charge in [0.05, 0.1) is 5.54 Å². The minimum Gasteiger partial charge on any atom is -0.326 e. The molecule has 0 aromatic heterocycles. The topological polar surface area (TPSA) is 70.6 Å². The van der Waals surface area contributed by atoms with E-state index >= 15 is 0 Å². The van der Waals surface area contributed by atoms with Crippen LogP contribution in [0.5, 0.6) is 0 Å². The van der Waals surface area contributed by atoms with E-state index in [9.17, 15) is 14.0 Å². The van der Waals surface area contributed by atoms with Gasteiger partial charge in [0.15, 0.2) is 5.17 Å². The van der Waals surface area contributed by atoms with E-state index in [1.807, 2.05) is 20.8 Å². The van der Waals surface area contributed by atoms with Crippen molar-refractivity contribution in [1.82, 2.24) is 5.32 Å². The average Bonchev–Trinajstić information content (AvgIpc) is 2.70. The van der Waals surface area contributed by atoms with Crippen molar-refractivity contribution in [3.63, 3.8) is 0 Å². The Bertz CT molecular complexity index is 608. The van der Waals surface area contributed by atoms with Crippen LogP contribution in [0.3, 0.4) is 0 Å². The van der Waals surface area contributed by atoms with Gasteiger partial charge in [-0.05, 0) is 45.0 Å². The summed E-state index contributed by atoms with van der Waals surface area (Å²) in [7, 11) is 0. The number of aliphatic imine (C=N–C) groups is 1. The lowest BCUT2D eigenvalue weighted by molar-refractivity contribution is -0.122. The summed E-state index contributed by atoms with van der Waals surface area (Å²) >= 11 is 1.26. The molecule has 118 valence electrons.